The molecule has 106 valence electrons. The van der Waals surface area contributed by atoms with Crippen molar-refractivity contribution in [3.63, 3.8) is 0 Å². The number of morpholine rings is 1. The van der Waals surface area contributed by atoms with Gasteiger partial charge in [0.2, 0.25) is 0 Å². The number of anilines is 1. The average Bonchev–Trinajstić information content (AvgIpc) is 2.55. The van der Waals surface area contributed by atoms with Crippen LogP contribution in [-0.2, 0) is 4.74 Å². The van der Waals surface area contributed by atoms with E-state index in [1.807, 2.05) is 18.2 Å². The molecule has 1 aromatic heterocycles. The number of aromatic nitrogens is 1. The monoisotopic (exact) mass is 343 g/mol. The SMILES string of the molecule is N#Cc1cccnc1N1CCOC(c2ccccc2Br)C1. The Balaban J connectivity index is 1.87. The molecule has 1 atom stereocenters. The van der Waals surface area contributed by atoms with Gasteiger partial charge in [-0.1, -0.05) is 34.1 Å². The normalized spacial score (nSPS) is 18.3. The van der Waals surface area contributed by atoms with Crippen LogP contribution < -0.4 is 4.90 Å². The van der Waals surface area contributed by atoms with Crippen LogP contribution in [0.3, 0.4) is 0 Å². The smallest absolute Gasteiger partial charge is 0.146 e. The van der Waals surface area contributed by atoms with Gasteiger partial charge in [-0.2, -0.15) is 5.26 Å². The van der Waals surface area contributed by atoms with E-state index in [9.17, 15) is 5.26 Å². The minimum absolute atomic E-state index is 0.0251. The van der Waals surface area contributed by atoms with E-state index in [0.717, 1.165) is 22.4 Å². The van der Waals surface area contributed by atoms with Gasteiger partial charge in [-0.3, -0.25) is 0 Å². The van der Waals surface area contributed by atoms with Crippen LogP contribution in [0.4, 0.5) is 5.82 Å². The van der Waals surface area contributed by atoms with Gasteiger partial charge in [0.25, 0.3) is 0 Å². The summed E-state index contributed by atoms with van der Waals surface area (Å²) in [5.41, 5.74) is 1.72. The first-order valence-corrected chi connectivity index (χ1v) is 7.55. The fourth-order valence-corrected chi connectivity index (χ4v) is 3.04. The van der Waals surface area contributed by atoms with Gasteiger partial charge in [-0.25, -0.2) is 4.98 Å². The Morgan fingerprint density at radius 2 is 2.14 bits per heavy atom. The van der Waals surface area contributed by atoms with Crippen LogP contribution >= 0.6 is 15.9 Å². The second-order valence-electron chi connectivity index (χ2n) is 4.81. The maximum absolute atomic E-state index is 9.22. The summed E-state index contributed by atoms with van der Waals surface area (Å²) in [6.45, 7) is 2.05. The maximum atomic E-state index is 9.22. The van der Waals surface area contributed by atoms with E-state index in [-0.39, 0.29) is 6.10 Å². The van der Waals surface area contributed by atoms with E-state index in [2.05, 4.69) is 37.9 Å². The molecule has 1 aromatic carbocycles. The molecular formula is C16H14BrN3O. The van der Waals surface area contributed by atoms with Crippen molar-refractivity contribution in [1.82, 2.24) is 4.98 Å². The second-order valence-corrected chi connectivity index (χ2v) is 5.67. The Morgan fingerprint density at radius 1 is 1.29 bits per heavy atom. The van der Waals surface area contributed by atoms with Crippen LogP contribution in [0.5, 0.6) is 0 Å². The van der Waals surface area contributed by atoms with Crippen LogP contribution in [0.15, 0.2) is 47.1 Å². The highest BCUT2D eigenvalue weighted by Gasteiger charge is 2.25. The minimum atomic E-state index is -0.0251. The molecule has 1 aliphatic rings. The lowest BCUT2D eigenvalue weighted by Gasteiger charge is -2.34. The van der Waals surface area contributed by atoms with E-state index < -0.39 is 0 Å². The molecular weight excluding hydrogens is 330 g/mol. The number of nitriles is 1. The van der Waals surface area contributed by atoms with Gasteiger partial charge in [0.05, 0.1) is 12.2 Å². The van der Waals surface area contributed by atoms with Crippen LogP contribution in [0.25, 0.3) is 0 Å². The summed E-state index contributed by atoms with van der Waals surface area (Å²) in [7, 11) is 0. The van der Waals surface area contributed by atoms with Crippen molar-refractivity contribution in [2.75, 3.05) is 24.6 Å². The Labute approximate surface area is 132 Å². The van der Waals surface area contributed by atoms with Crippen molar-refractivity contribution in [2.24, 2.45) is 0 Å². The summed E-state index contributed by atoms with van der Waals surface area (Å²) in [6.07, 6.45) is 1.70. The van der Waals surface area contributed by atoms with Gasteiger partial charge < -0.3 is 9.64 Å². The van der Waals surface area contributed by atoms with Gasteiger partial charge in [0, 0.05) is 23.8 Å². The van der Waals surface area contributed by atoms with Crippen molar-refractivity contribution >= 4 is 21.7 Å². The topological polar surface area (TPSA) is 49.2 Å². The predicted molar refractivity (Wildman–Crippen MR) is 84.0 cm³/mol. The lowest BCUT2D eigenvalue weighted by molar-refractivity contribution is 0.0390. The van der Waals surface area contributed by atoms with Crippen molar-refractivity contribution in [1.29, 1.82) is 5.26 Å². The number of rotatable bonds is 2. The summed E-state index contributed by atoms with van der Waals surface area (Å²) in [6, 6.07) is 13.8. The van der Waals surface area contributed by atoms with Crippen LogP contribution in [0.1, 0.15) is 17.2 Å². The molecule has 21 heavy (non-hydrogen) atoms. The molecule has 0 bridgehead atoms. The molecule has 0 aliphatic carbocycles. The fourth-order valence-electron chi connectivity index (χ4n) is 2.50. The molecule has 0 amide bonds. The number of hydrogen-bond donors (Lipinski definition) is 0. The zero-order valence-electron chi connectivity index (χ0n) is 11.4. The molecule has 1 aliphatic heterocycles. The number of halogens is 1. The third kappa shape index (κ3) is 2.92. The Bertz CT molecular complexity index is 683. The van der Waals surface area contributed by atoms with Gasteiger partial charge in [0.15, 0.2) is 0 Å². The summed E-state index contributed by atoms with van der Waals surface area (Å²) in [5.74, 6) is 0.736. The number of hydrogen-bond acceptors (Lipinski definition) is 4. The lowest BCUT2D eigenvalue weighted by Crippen LogP contribution is -2.39. The van der Waals surface area contributed by atoms with Gasteiger partial charge in [0.1, 0.15) is 18.0 Å². The fraction of sp³-hybridized carbons (Fsp3) is 0.250. The molecule has 0 spiro atoms. The molecule has 1 saturated heterocycles. The van der Waals surface area contributed by atoms with E-state index in [4.69, 9.17) is 4.74 Å². The van der Waals surface area contributed by atoms with Gasteiger partial charge >= 0.3 is 0 Å². The molecule has 0 N–H and O–H groups in total. The zero-order valence-corrected chi connectivity index (χ0v) is 13.0. The van der Waals surface area contributed by atoms with Crippen molar-refractivity contribution < 1.29 is 4.74 Å². The molecule has 4 nitrogen and oxygen atoms in total. The molecule has 2 aromatic rings. The predicted octanol–water partition coefficient (Wildman–Crippen LogP) is 3.29. The molecule has 0 saturated carbocycles. The number of benzene rings is 1. The number of pyridine rings is 1. The molecule has 5 heteroatoms. The first-order valence-electron chi connectivity index (χ1n) is 6.75. The maximum Gasteiger partial charge on any atom is 0.146 e. The van der Waals surface area contributed by atoms with Crippen LogP contribution in [-0.4, -0.2) is 24.7 Å². The highest BCUT2D eigenvalue weighted by molar-refractivity contribution is 9.10. The summed E-state index contributed by atoms with van der Waals surface area (Å²) < 4.78 is 6.93. The Kier molecular flexibility index (Phi) is 4.18. The molecule has 3 rings (SSSR count). The third-order valence-electron chi connectivity index (χ3n) is 3.53. The second kappa shape index (κ2) is 6.25. The molecule has 1 unspecified atom stereocenters. The van der Waals surface area contributed by atoms with Gasteiger partial charge in [-0.15, -0.1) is 0 Å². The van der Waals surface area contributed by atoms with E-state index in [0.29, 0.717) is 18.7 Å². The van der Waals surface area contributed by atoms with E-state index in [1.165, 1.54) is 0 Å². The Morgan fingerprint density at radius 3 is 2.95 bits per heavy atom. The van der Waals surface area contributed by atoms with Crippen LogP contribution in [0.2, 0.25) is 0 Å². The zero-order chi connectivity index (χ0) is 14.7. The quantitative estimate of drug-likeness (QED) is 0.839. The number of ether oxygens (including phenoxy) is 1. The first kappa shape index (κ1) is 14.1. The molecule has 1 fully saturated rings. The van der Waals surface area contributed by atoms with Crippen LogP contribution in [0, 0.1) is 11.3 Å². The molecule has 2 heterocycles. The number of nitrogens with zero attached hydrogens (tertiary/aromatic N) is 3. The highest BCUT2D eigenvalue weighted by Crippen LogP contribution is 2.30. The van der Waals surface area contributed by atoms with Crippen molar-refractivity contribution in [3.05, 3.63) is 58.2 Å². The summed E-state index contributed by atoms with van der Waals surface area (Å²) in [4.78, 5) is 6.48. The standard InChI is InChI=1S/C16H14BrN3O/c17-14-6-2-1-5-13(14)15-11-20(8-9-21-15)16-12(10-18)4-3-7-19-16/h1-7,15H,8-9,11H2. The summed E-state index contributed by atoms with van der Waals surface area (Å²) >= 11 is 3.57. The molecule has 0 radical (unpaired) electrons. The lowest BCUT2D eigenvalue weighted by atomic mass is 10.1. The largest absolute Gasteiger partial charge is 0.370 e. The van der Waals surface area contributed by atoms with Gasteiger partial charge in [-0.05, 0) is 23.8 Å². The van der Waals surface area contributed by atoms with E-state index >= 15 is 0 Å². The van der Waals surface area contributed by atoms with Crippen molar-refractivity contribution in [3.8, 4) is 6.07 Å². The third-order valence-corrected chi connectivity index (χ3v) is 4.25. The van der Waals surface area contributed by atoms with E-state index in [1.54, 1.807) is 18.3 Å². The average molecular weight is 344 g/mol. The minimum Gasteiger partial charge on any atom is -0.370 e. The van der Waals surface area contributed by atoms with Crippen molar-refractivity contribution in [2.45, 2.75) is 6.10 Å². The summed E-state index contributed by atoms with van der Waals surface area (Å²) in [5, 5.41) is 9.22. The Hall–Kier alpha value is -1.90. The first-order chi connectivity index (χ1) is 10.3. The highest BCUT2D eigenvalue weighted by atomic mass is 79.9.